The van der Waals surface area contributed by atoms with Crippen LogP contribution in [-0.4, -0.2) is 31.2 Å². The molecule has 0 saturated heterocycles. The number of rotatable bonds is 7. The lowest BCUT2D eigenvalue weighted by Gasteiger charge is -2.26. The van der Waals surface area contributed by atoms with Gasteiger partial charge < -0.3 is 15.0 Å². The van der Waals surface area contributed by atoms with Crippen LogP contribution in [0.3, 0.4) is 0 Å². The number of amides is 2. The minimum Gasteiger partial charge on any atom is -0.383 e. The Balaban J connectivity index is 1.75. The van der Waals surface area contributed by atoms with E-state index in [4.69, 9.17) is 4.74 Å². The van der Waals surface area contributed by atoms with Crippen LogP contribution < -0.4 is 5.32 Å². The summed E-state index contributed by atoms with van der Waals surface area (Å²) in [7, 11) is 1.58. The second kappa shape index (κ2) is 7.72. The van der Waals surface area contributed by atoms with Crippen molar-refractivity contribution in [3.8, 4) is 0 Å². The third kappa shape index (κ3) is 4.22. The fraction of sp³-hybridized carbons (Fsp3) is 0.421. The lowest BCUT2D eigenvalue weighted by molar-refractivity contribution is 0.144. The second-order valence-corrected chi connectivity index (χ2v) is 7.94. The summed E-state index contributed by atoms with van der Waals surface area (Å²) in [5, 5.41) is 2.92. The number of carbonyl (C=O) groups excluding carboxylic acids is 1. The second-order valence-electron chi connectivity index (χ2n) is 6.56. The first-order valence-corrected chi connectivity index (χ1v) is 9.32. The van der Waals surface area contributed by atoms with Gasteiger partial charge in [-0.25, -0.2) is 13.6 Å². The van der Waals surface area contributed by atoms with E-state index < -0.39 is 17.2 Å². The van der Waals surface area contributed by atoms with E-state index in [1.54, 1.807) is 23.3 Å². The highest BCUT2D eigenvalue weighted by Crippen LogP contribution is 2.46. The number of urea groups is 1. The fourth-order valence-electron chi connectivity index (χ4n) is 2.95. The molecule has 0 unspecified atom stereocenters. The van der Waals surface area contributed by atoms with Gasteiger partial charge in [-0.1, -0.05) is 0 Å². The molecule has 3 rings (SSSR count). The number of benzene rings is 1. The highest BCUT2D eigenvalue weighted by Gasteiger charge is 2.48. The molecule has 2 aromatic rings. The van der Waals surface area contributed by atoms with E-state index >= 15 is 0 Å². The zero-order valence-corrected chi connectivity index (χ0v) is 15.7. The van der Waals surface area contributed by atoms with Crippen LogP contribution in [0.5, 0.6) is 0 Å². The van der Waals surface area contributed by atoms with Crippen LogP contribution in [0.15, 0.2) is 30.3 Å². The molecule has 1 aliphatic rings. The number of thiophene rings is 1. The number of aryl methyl sites for hydroxylation is 1. The molecular formula is C19H22F2N2O2S. The molecular weight excluding hydrogens is 358 g/mol. The van der Waals surface area contributed by atoms with Crippen LogP contribution in [0, 0.1) is 18.6 Å². The molecule has 1 fully saturated rings. The number of hydrogen-bond acceptors (Lipinski definition) is 3. The summed E-state index contributed by atoms with van der Waals surface area (Å²) < 4.78 is 32.8. The third-order valence-corrected chi connectivity index (χ3v) is 5.52. The average molecular weight is 380 g/mol. The zero-order valence-electron chi connectivity index (χ0n) is 14.9. The molecule has 2 amide bonds. The lowest BCUT2D eigenvalue weighted by atomic mass is 10.0. The zero-order chi connectivity index (χ0) is 18.7. The standard InChI is InChI=1S/C19H22F2N2O2S/c1-13-3-5-15(26-13)12-23(9-10-25-2)18(24)22-19(7-8-19)16-11-14(20)4-6-17(16)21/h3-6,11H,7-10,12H2,1-2H3,(H,22,24). The van der Waals surface area contributed by atoms with Gasteiger partial charge in [0.1, 0.15) is 11.6 Å². The van der Waals surface area contributed by atoms with Crippen LogP contribution in [0.2, 0.25) is 0 Å². The Kier molecular flexibility index (Phi) is 5.58. The molecule has 1 aromatic heterocycles. The molecule has 1 saturated carbocycles. The predicted molar refractivity (Wildman–Crippen MR) is 97.1 cm³/mol. The molecule has 1 heterocycles. The molecule has 0 aliphatic heterocycles. The lowest BCUT2D eigenvalue weighted by Crippen LogP contribution is -2.46. The van der Waals surface area contributed by atoms with Crippen molar-refractivity contribution in [1.29, 1.82) is 0 Å². The molecule has 4 nitrogen and oxygen atoms in total. The van der Waals surface area contributed by atoms with E-state index in [9.17, 15) is 13.6 Å². The number of methoxy groups -OCH3 is 1. The topological polar surface area (TPSA) is 41.6 Å². The van der Waals surface area contributed by atoms with E-state index in [2.05, 4.69) is 5.32 Å². The molecule has 140 valence electrons. The van der Waals surface area contributed by atoms with Gasteiger partial charge in [-0.3, -0.25) is 0 Å². The highest BCUT2D eigenvalue weighted by atomic mass is 32.1. The predicted octanol–water partition coefficient (Wildman–Crippen LogP) is 4.18. The molecule has 0 spiro atoms. The average Bonchev–Trinajstić information content (AvgIpc) is 3.27. The normalized spacial score (nSPS) is 14.9. The Labute approximate surface area is 155 Å². The maximum absolute atomic E-state index is 14.2. The molecule has 0 radical (unpaired) electrons. The van der Waals surface area contributed by atoms with Crippen molar-refractivity contribution < 1.29 is 18.3 Å². The molecule has 0 atom stereocenters. The van der Waals surface area contributed by atoms with Crippen molar-refractivity contribution in [2.24, 2.45) is 0 Å². The molecule has 1 aromatic carbocycles. The molecule has 1 aliphatic carbocycles. The summed E-state index contributed by atoms with van der Waals surface area (Å²) in [4.78, 5) is 16.7. The molecule has 0 bridgehead atoms. The van der Waals surface area contributed by atoms with Crippen LogP contribution in [0.1, 0.15) is 28.2 Å². The minimum absolute atomic E-state index is 0.213. The van der Waals surface area contributed by atoms with Crippen molar-refractivity contribution in [3.05, 3.63) is 57.3 Å². The Morgan fingerprint density at radius 1 is 1.31 bits per heavy atom. The van der Waals surface area contributed by atoms with Crippen LogP contribution in [-0.2, 0) is 16.8 Å². The molecule has 1 N–H and O–H groups in total. The van der Waals surface area contributed by atoms with E-state index in [0.29, 0.717) is 32.5 Å². The number of hydrogen-bond donors (Lipinski definition) is 1. The first-order chi connectivity index (χ1) is 12.4. The van der Waals surface area contributed by atoms with Gasteiger partial charge in [0, 0.05) is 29.0 Å². The number of halogens is 2. The van der Waals surface area contributed by atoms with Gasteiger partial charge in [0.2, 0.25) is 0 Å². The van der Waals surface area contributed by atoms with E-state index in [1.807, 2.05) is 19.1 Å². The maximum atomic E-state index is 14.2. The van der Waals surface area contributed by atoms with Crippen molar-refractivity contribution in [2.45, 2.75) is 31.8 Å². The summed E-state index contributed by atoms with van der Waals surface area (Å²) >= 11 is 1.63. The van der Waals surface area contributed by atoms with Gasteiger partial charge in [0.15, 0.2) is 0 Å². The molecule has 26 heavy (non-hydrogen) atoms. The maximum Gasteiger partial charge on any atom is 0.318 e. The van der Waals surface area contributed by atoms with Crippen LogP contribution in [0.4, 0.5) is 13.6 Å². The molecule has 7 heteroatoms. The Morgan fingerprint density at radius 3 is 2.69 bits per heavy atom. The van der Waals surface area contributed by atoms with Gasteiger partial charge in [-0.05, 0) is 50.1 Å². The first kappa shape index (κ1) is 18.8. The van der Waals surface area contributed by atoms with E-state index in [-0.39, 0.29) is 11.6 Å². The minimum atomic E-state index is -0.819. The monoisotopic (exact) mass is 380 g/mol. The quantitative estimate of drug-likeness (QED) is 0.783. The SMILES string of the molecule is COCCN(Cc1ccc(C)s1)C(=O)NC1(c2cc(F)ccc2F)CC1. The summed E-state index contributed by atoms with van der Waals surface area (Å²) in [6.45, 7) is 3.29. The summed E-state index contributed by atoms with van der Waals surface area (Å²) in [6.07, 6.45) is 1.19. The summed E-state index contributed by atoms with van der Waals surface area (Å²) in [5.41, 5.74) is -0.607. The van der Waals surface area contributed by atoms with Crippen LogP contribution in [0.25, 0.3) is 0 Å². The van der Waals surface area contributed by atoms with Crippen LogP contribution >= 0.6 is 11.3 Å². The Bertz CT molecular complexity index is 790. The summed E-state index contributed by atoms with van der Waals surface area (Å²) in [6, 6.07) is 7.07. The number of nitrogens with zero attached hydrogens (tertiary/aromatic N) is 1. The van der Waals surface area contributed by atoms with Crippen molar-refractivity contribution in [3.63, 3.8) is 0 Å². The Morgan fingerprint density at radius 2 is 2.08 bits per heavy atom. The van der Waals surface area contributed by atoms with Gasteiger partial charge in [-0.2, -0.15) is 0 Å². The smallest absolute Gasteiger partial charge is 0.318 e. The highest BCUT2D eigenvalue weighted by molar-refractivity contribution is 7.11. The van der Waals surface area contributed by atoms with Crippen molar-refractivity contribution >= 4 is 17.4 Å². The summed E-state index contributed by atoms with van der Waals surface area (Å²) in [5.74, 6) is -1.01. The van der Waals surface area contributed by atoms with Gasteiger partial charge >= 0.3 is 6.03 Å². The third-order valence-electron chi connectivity index (χ3n) is 4.54. The van der Waals surface area contributed by atoms with Gasteiger partial charge in [-0.15, -0.1) is 11.3 Å². The first-order valence-electron chi connectivity index (χ1n) is 8.50. The Hall–Kier alpha value is -1.99. The van der Waals surface area contributed by atoms with Gasteiger partial charge in [0.05, 0.1) is 18.7 Å². The van der Waals surface area contributed by atoms with E-state index in [0.717, 1.165) is 17.0 Å². The fourth-order valence-corrected chi connectivity index (χ4v) is 3.85. The van der Waals surface area contributed by atoms with Crippen molar-refractivity contribution in [1.82, 2.24) is 10.2 Å². The van der Waals surface area contributed by atoms with Crippen molar-refractivity contribution in [2.75, 3.05) is 20.3 Å². The number of nitrogens with one attached hydrogen (secondary N) is 1. The number of carbonyl (C=O) groups is 1. The number of ether oxygens (including phenoxy) is 1. The van der Waals surface area contributed by atoms with Gasteiger partial charge in [0.25, 0.3) is 0 Å². The van der Waals surface area contributed by atoms with E-state index in [1.165, 1.54) is 10.9 Å². The largest absolute Gasteiger partial charge is 0.383 e.